The molecule has 1 aromatic heterocycles. The van der Waals surface area contributed by atoms with Crippen LogP contribution in [0.3, 0.4) is 0 Å². The molecule has 0 spiro atoms. The number of nitrogens with zero attached hydrogens (tertiary/aromatic N) is 2. The molecule has 2 aliphatic rings. The quantitative estimate of drug-likeness (QED) is 0.486. The van der Waals surface area contributed by atoms with Gasteiger partial charge in [0.15, 0.2) is 0 Å². The second-order valence-corrected chi connectivity index (χ2v) is 10.2. The fraction of sp³-hybridized carbons (Fsp3) is 0.433. The van der Waals surface area contributed by atoms with Crippen LogP contribution in [0.5, 0.6) is 0 Å². The molecule has 2 heterocycles. The Hall–Kier alpha value is -3.39. The first-order valence-electron chi connectivity index (χ1n) is 13.0. The highest BCUT2D eigenvalue weighted by Gasteiger charge is 2.31. The maximum atomic E-state index is 12.8. The van der Waals surface area contributed by atoms with Gasteiger partial charge in [-0.15, -0.1) is 0 Å². The van der Waals surface area contributed by atoms with E-state index in [2.05, 4.69) is 34.3 Å². The van der Waals surface area contributed by atoms with Gasteiger partial charge in [-0.2, -0.15) is 5.26 Å². The number of rotatable bonds is 7. The van der Waals surface area contributed by atoms with Gasteiger partial charge in [0.25, 0.3) is 0 Å². The highest BCUT2D eigenvalue weighted by Crippen LogP contribution is 2.35. The Kier molecular flexibility index (Phi) is 6.99. The van der Waals surface area contributed by atoms with Crippen molar-refractivity contribution < 1.29 is 9.59 Å². The molecule has 5 heteroatoms. The average molecular weight is 468 g/mol. The van der Waals surface area contributed by atoms with Crippen LogP contribution in [0.15, 0.2) is 48.7 Å². The molecule has 1 aliphatic heterocycles. The summed E-state index contributed by atoms with van der Waals surface area (Å²) in [5.74, 6) is 1.28. The number of piperidine rings is 1. The molecule has 1 amide bonds. The number of carbonyl (C=O) groups excluding carboxylic acids is 2. The van der Waals surface area contributed by atoms with Crippen LogP contribution in [-0.4, -0.2) is 34.7 Å². The summed E-state index contributed by atoms with van der Waals surface area (Å²) in [5.41, 5.74) is 5.13. The Morgan fingerprint density at radius 1 is 1.00 bits per heavy atom. The van der Waals surface area contributed by atoms with E-state index in [-0.39, 0.29) is 11.7 Å². The van der Waals surface area contributed by atoms with Gasteiger partial charge in [0.05, 0.1) is 11.6 Å². The minimum absolute atomic E-state index is 0.211. The lowest BCUT2D eigenvalue weighted by Crippen LogP contribution is -2.40. The molecule has 1 N–H and O–H groups in total. The molecule has 5 nitrogen and oxygen atoms in total. The summed E-state index contributed by atoms with van der Waals surface area (Å²) in [7, 11) is 0. The molecule has 1 aliphatic carbocycles. The van der Waals surface area contributed by atoms with Crippen LogP contribution in [0.2, 0.25) is 0 Å². The van der Waals surface area contributed by atoms with Crippen molar-refractivity contribution in [1.29, 1.82) is 5.26 Å². The maximum Gasteiger partial charge on any atom is 0.225 e. The Bertz CT molecular complexity index is 1250. The molecular weight excluding hydrogens is 434 g/mol. The number of ketones is 1. The van der Waals surface area contributed by atoms with Gasteiger partial charge in [0.2, 0.25) is 5.91 Å². The van der Waals surface area contributed by atoms with E-state index < -0.39 is 0 Å². The Morgan fingerprint density at radius 2 is 1.80 bits per heavy atom. The summed E-state index contributed by atoms with van der Waals surface area (Å²) >= 11 is 0. The van der Waals surface area contributed by atoms with Gasteiger partial charge in [-0.3, -0.25) is 9.59 Å². The first-order valence-corrected chi connectivity index (χ1v) is 13.0. The van der Waals surface area contributed by atoms with Gasteiger partial charge < -0.3 is 9.88 Å². The molecule has 1 saturated carbocycles. The second-order valence-electron chi connectivity index (χ2n) is 10.2. The van der Waals surface area contributed by atoms with E-state index in [9.17, 15) is 9.59 Å². The van der Waals surface area contributed by atoms with Crippen molar-refractivity contribution in [2.75, 3.05) is 13.1 Å². The van der Waals surface area contributed by atoms with E-state index >= 15 is 0 Å². The number of hydrogen-bond donors (Lipinski definition) is 1. The summed E-state index contributed by atoms with van der Waals surface area (Å²) < 4.78 is 0. The number of benzene rings is 2. The molecule has 2 fully saturated rings. The number of hydrogen-bond acceptors (Lipinski definition) is 3. The van der Waals surface area contributed by atoms with Gasteiger partial charge in [0, 0.05) is 48.9 Å². The molecule has 3 aromatic rings. The molecule has 0 radical (unpaired) electrons. The highest BCUT2D eigenvalue weighted by atomic mass is 16.2. The molecule has 2 aromatic carbocycles. The van der Waals surface area contributed by atoms with Gasteiger partial charge >= 0.3 is 0 Å². The fourth-order valence-electron chi connectivity index (χ4n) is 5.88. The molecule has 1 saturated heterocycles. The van der Waals surface area contributed by atoms with Crippen LogP contribution >= 0.6 is 0 Å². The number of nitriles is 1. The number of aromatic amines is 1. The van der Waals surface area contributed by atoms with Crippen molar-refractivity contribution in [1.82, 2.24) is 9.88 Å². The summed E-state index contributed by atoms with van der Waals surface area (Å²) in [6, 6.07) is 15.9. The summed E-state index contributed by atoms with van der Waals surface area (Å²) in [6.07, 6.45) is 10.2. The predicted octanol–water partition coefficient (Wildman–Crippen LogP) is 5.68. The molecule has 0 unspecified atom stereocenters. The Morgan fingerprint density at radius 3 is 2.57 bits per heavy atom. The highest BCUT2D eigenvalue weighted by molar-refractivity contribution is 5.87. The summed E-state index contributed by atoms with van der Waals surface area (Å²) in [6.45, 7) is 1.69. The number of aryl methyl sites for hydroxylation is 1. The van der Waals surface area contributed by atoms with Crippen LogP contribution in [-0.2, 0) is 22.4 Å². The zero-order valence-electron chi connectivity index (χ0n) is 20.3. The van der Waals surface area contributed by atoms with E-state index in [1.807, 2.05) is 24.3 Å². The Balaban J connectivity index is 1.20. The third kappa shape index (κ3) is 5.32. The normalized spacial score (nSPS) is 17.1. The van der Waals surface area contributed by atoms with Crippen molar-refractivity contribution in [3.8, 4) is 6.07 Å². The lowest BCUT2D eigenvalue weighted by Gasteiger charge is -2.33. The van der Waals surface area contributed by atoms with E-state index in [0.717, 1.165) is 55.4 Å². The predicted molar refractivity (Wildman–Crippen MR) is 137 cm³/mol. The molecule has 0 atom stereocenters. The van der Waals surface area contributed by atoms with Gasteiger partial charge in [-0.1, -0.05) is 31.0 Å². The number of amides is 1. The van der Waals surface area contributed by atoms with Gasteiger partial charge in [-0.25, -0.2) is 0 Å². The third-order valence-corrected chi connectivity index (χ3v) is 7.88. The number of nitrogens with one attached hydrogen (secondary N) is 1. The van der Waals surface area contributed by atoms with Crippen molar-refractivity contribution >= 4 is 22.6 Å². The lowest BCUT2D eigenvalue weighted by molar-refractivity contribution is -0.136. The number of Topliss-reactive ketones (excluding diaryl/α,β-unsaturated/α-hetero) is 1. The molecular formula is C30H33N3O2. The van der Waals surface area contributed by atoms with E-state index in [0.29, 0.717) is 36.7 Å². The zero-order valence-corrected chi connectivity index (χ0v) is 20.3. The van der Waals surface area contributed by atoms with Crippen molar-refractivity contribution in [3.05, 3.63) is 70.9 Å². The fourth-order valence-corrected chi connectivity index (χ4v) is 5.88. The largest absolute Gasteiger partial charge is 0.361 e. The van der Waals surface area contributed by atoms with Crippen LogP contribution in [0.25, 0.3) is 10.9 Å². The average Bonchev–Trinajstić information content (AvgIpc) is 3.58. The second kappa shape index (κ2) is 10.5. The van der Waals surface area contributed by atoms with Crippen molar-refractivity contribution in [2.24, 2.45) is 5.92 Å². The minimum Gasteiger partial charge on any atom is -0.361 e. The number of aromatic nitrogens is 1. The smallest absolute Gasteiger partial charge is 0.225 e. The van der Waals surface area contributed by atoms with Crippen LogP contribution < -0.4 is 0 Å². The first kappa shape index (κ1) is 23.4. The van der Waals surface area contributed by atoms with Crippen LogP contribution in [0.1, 0.15) is 73.1 Å². The van der Waals surface area contributed by atoms with E-state index in [1.54, 1.807) is 6.07 Å². The van der Waals surface area contributed by atoms with E-state index in [4.69, 9.17) is 5.26 Å². The molecule has 180 valence electrons. The van der Waals surface area contributed by atoms with Crippen molar-refractivity contribution in [3.63, 3.8) is 0 Å². The zero-order chi connectivity index (χ0) is 24.2. The van der Waals surface area contributed by atoms with Crippen LogP contribution in [0, 0.1) is 17.2 Å². The number of H-pyrrole nitrogens is 1. The topological polar surface area (TPSA) is 77.0 Å². The van der Waals surface area contributed by atoms with E-state index in [1.165, 1.54) is 23.8 Å². The number of likely N-dealkylation sites (tertiary alicyclic amines) is 1. The Labute approximate surface area is 207 Å². The third-order valence-electron chi connectivity index (χ3n) is 7.88. The maximum absolute atomic E-state index is 12.8. The summed E-state index contributed by atoms with van der Waals surface area (Å²) in [5, 5.41) is 10.3. The van der Waals surface area contributed by atoms with Gasteiger partial charge in [0.1, 0.15) is 5.78 Å². The monoisotopic (exact) mass is 467 g/mol. The molecule has 35 heavy (non-hydrogen) atoms. The SMILES string of the molecule is N#Cc1cccc(CCC(=O)Cc2ccc3[nH]cc(C4CCN(C(=O)C5CCCC5)CC4)c3c2)c1. The lowest BCUT2D eigenvalue weighted by atomic mass is 9.88. The summed E-state index contributed by atoms with van der Waals surface area (Å²) in [4.78, 5) is 31.0. The minimum atomic E-state index is 0.211. The molecule has 5 rings (SSSR count). The molecule has 0 bridgehead atoms. The number of fused-ring (bicyclic) bond motifs is 1. The van der Waals surface area contributed by atoms with Crippen molar-refractivity contribution in [2.45, 2.75) is 63.7 Å². The number of carbonyl (C=O) groups is 2. The first-order chi connectivity index (χ1) is 17.1. The van der Waals surface area contributed by atoms with Gasteiger partial charge in [-0.05, 0) is 79.0 Å². The standard InChI is InChI=1S/C30H33N3O2/c31-19-23-5-3-4-21(16-23)8-10-26(34)17-22-9-11-29-27(18-22)28(20-32-29)24-12-14-33(15-13-24)30(35)25-6-1-2-7-25/h3-5,9,11,16,18,20,24-25,32H,1-2,6-8,10,12-15,17H2. The van der Waals surface area contributed by atoms with Crippen LogP contribution in [0.4, 0.5) is 0 Å².